The molecule has 0 amide bonds. The molecule has 0 radical (unpaired) electrons. The van der Waals surface area contributed by atoms with Crippen molar-refractivity contribution in [3.63, 3.8) is 0 Å². The van der Waals surface area contributed by atoms with E-state index in [1.54, 1.807) is 0 Å². The number of rotatable bonds is 7. The van der Waals surface area contributed by atoms with Gasteiger partial charge in [0.1, 0.15) is 0 Å². The summed E-state index contributed by atoms with van der Waals surface area (Å²) in [6.45, 7) is 2.18. The Bertz CT molecular complexity index is 268. The van der Waals surface area contributed by atoms with Crippen molar-refractivity contribution < 1.29 is 14.3 Å². The van der Waals surface area contributed by atoms with Gasteiger partial charge in [0.25, 0.3) is 0 Å². The van der Waals surface area contributed by atoms with Crippen molar-refractivity contribution in [2.45, 2.75) is 51.9 Å². The Morgan fingerprint density at radius 2 is 1.94 bits per heavy atom. The monoisotopic (exact) mass is 224 g/mol. The third-order valence-corrected chi connectivity index (χ3v) is 2.78. The Labute approximate surface area is 96.9 Å². The van der Waals surface area contributed by atoms with E-state index in [2.05, 4.69) is 23.8 Å². The predicted molar refractivity (Wildman–Crippen MR) is 61.7 cm³/mol. The van der Waals surface area contributed by atoms with E-state index in [9.17, 15) is 9.59 Å². The minimum atomic E-state index is -0.367. The zero-order valence-electron chi connectivity index (χ0n) is 9.91. The second-order valence-corrected chi connectivity index (χ2v) is 4.24. The number of carbonyl (C=O) groups excluding carboxylic acids is 2. The molecule has 3 nitrogen and oxygen atoms in total. The van der Waals surface area contributed by atoms with E-state index < -0.39 is 0 Å². The quantitative estimate of drug-likeness (QED) is 0.289. The van der Waals surface area contributed by atoms with Crippen molar-refractivity contribution in [1.82, 2.24) is 0 Å². The fourth-order valence-corrected chi connectivity index (χ4v) is 1.78. The summed E-state index contributed by atoms with van der Waals surface area (Å²) in [5.41, 5.74) is 0. The number of allylic oxidation sites excluding steroid dienone is 2. The van der Waals surface area contributed by atoms with Gasteiger partial charge in [-0.3, -0.25) is 9.59 Å². The molecule has 0 spiro atoms. The third kappa shape index (κ3) is 4.60. The van der Waals surface area contributed by atoms with Crippen molar-refractivity contribution in [2.24, 2.45) is 5.92 Å². The standard InChI is InChI=1S/C13H20O3/c1-2-3-4-5-6-7-8-9-11-10-12(14)16-13(11)15/h5-6,11H,2-4,7-10H2,1H3/b6-5+. The van der Waals surface area contributed by atoms with Crippen molar-refractivity contribution in [2.75, 3.05) is 0 Å². The van der Waals surface area contributed by atoms with Gasteiger partial charge in [-0.05, 0) is 25.7 Å². The number of hydrogen-bond acceptors (Lipinski definition) is 3. The highest BCUT2D eigenvalue weighted by molar-refractivity contribution is 5.94. The second kappa shape index (κ2) is 7.20. The van der Waals surface area contributed by atoms with E-state index >= 15 is 0 Å². The maximum atomic E-state index is 11.1. The molecule has 1 heterocycles. The van der Waals surface area contributed by atoms with Crippen LogP contribution in [0.15, 0.2) is 12.2 Å². The van der Waals surface area contributed by atoms with Crippen LogP contribution in [0.5, 0.6) is 0 Å². The van der Waals surface area contributed by atoms with Crippen LogP contribution in [-0.4, -0.2) is 11.9 Å². The highest BCUT2D eigenvalue weighted by atomic mass is 16.6. The third-order valence-electron chi connectivity index (χ3n) is 2.78. The van der Waals surface area contributed by atoms with E-state index in [1.165, 1.54) is 12.8 Å². The summed E-state index contributed by atoms with van der Waals surface area (Å²) in [5, 5.41) is 0. The lowest BCUT2D eigenvalue weighted by atomic mass is 10.0. The van der Waals surface area contributed by atoms with E-state index in [0.717, 1.165) is 25.7 Å². The fraction of sp³-hybridized carbons (Fsp3) is 0.692. The van der Waals surface area contributed by atoms with Crippen LogP contribution in [-0.2, 0) is 14.3 Å². The molecule has 0 bridgehead atoms. The van der Waals surface area contributed by atoms with Crippen LogP contribution >= 0.6 is 0 Å². The van der Waals surface area contributed by atoms with Gasteiger partial charge in [0, 0.05) is 0 Å². The number of carbonyl (C=O) groups is 2. The first kappa shape index (κ1) is 12.9. The maximum absolute atomic E-state index is 11.1. The molecule has 0 aromatic carbocycles. The van der Waals surface area contributed by atoms with Gasteiger partial charge in [-0.1, -0.05) is 31.9 Å². The zero-order valence-corrected chi connectivity index (χ0v) is 9.91. The Kier molecular flexibility index (Phi) is 5.83. The number of cyclic esters (lactones) is 2. The normalized spacial score (nSPS) is 20.7. The van der Waals surface area contributed by atoms with E-state index in [0.29, 0.717) is 0 Å². The Hall–Kier alpha value is -1.12. The summed E-state index contributed by atoms with van der Waals surface area (Å²) >= 11 is 0. The first-order chi connectivity index (χ1) is 7.74. The molecule has 0 aromatic rings. The molecule has 1 saturated heterocycles. The van der Waals surface area contributed by atoms with E-state index in [-0.39, 0.29) is 24.3 Å². The van der Waals surface area contributed by atoms with E-state index in [4.69, 9.17) is 0 Å². The first-order valence-corrected chi connectivity index (χ1v) is 6.13. The molecule has 16 heavy (non-hydrogen) atoms. The van der Waals surface area contributed by atoms with Crippen molar-refractivity contribution in [3.05, 3.63) is 12.2 Å². The molecule has 1 aliphatic heterocycles. The van der Waals surface area contributed by atoms with E-state index in [1.807, 2.05) is 0 Å². The lowest BCUT2D eigenvalue weighted by Crippen LogP contribution is -2.06. The molecule has 90 valence electrons. The zero-order chi connectivity index (χ0) is 11.8. The van der Waals surface area contributed by atoms with Crippen LogP contribution in [0.25, 0.3) is 0 Å². The fourth-order valence-electron chi connectivity index (χ4n) is 1.78. The maximum Gasteiger partial charge on any atom is 0.317 e. The molecule has 1 atom stereocenters. The van der Waals surface area contributed by atoms with Crippen LogP contribution in [0.1, 0.15) is 51.9 Å². The molecule has 0 N–H and O–H groups in total. The van der Waals surface area contributed by atoms with Gasteiger partial charge < -0.3 is 4.74 Å². The van der Waals surface area contributed by atoms with Crippen LogP contribution in [0.3, 0.4) is 0 Å². The molecule has 1 aliphatic rings. The highest BCUT2D eigenvalue weighted by Crippen LogP contribution is 2.21. The lowest BCUT2D eigenvalue weighted by molar-refractivity contribution is -0.153. The summed E-state index contributed by atoms with van der Waals surface area (Å²) in [6.07, 6.45) is 10.9. The van der Waals surface area contributed by atoms with Crippen molar-refractivity contribution in [3.8, 4) is 0 Å². The number of esters is 2. The molecule has 0 saturated carbocycles. The summed E-state index contributed by atoms with van der Waals surface area (Å²) in [5.74, 6) is -0.884. The largest absolute Gasteiger partial charge is 0.393 e. The summed E-state index contributed by atoms with van der Waals surface area (Å²) in [4.78, 5) is 21.9. The van der Waals surface area contributed by atoms with Gasteiger partial charge in [0.15, 0.2) is 0 Å². The van der Waals surface area contributed by atoms with Crippen molar-refractivity contribution >= 4 is 11.9 Å². The Morgan fingerprint density at radius 1 is 1.25 bits per heavy atom. The summed E-state index contributed by atoms with van der Waals surface area (Å²) in [7, 11) is 0. The summed E-state index contributed by atoms with van der Waals surface area (Å²) < 4.78 is 4.49. The Balaban J connectivity index is 2.05. The molecule has 0 aliphatic carbocycles. The summed E-state index contributed by atoms with van der Waals surface area (Å²) in [6, 6.07) is 0. The number of hydrogen-bond donors (Lipinski definition) is 0. The van der Waals surface area contributed by atoms with Crippen LogP contribution < -0.4 is 0 Å². The molecular weight excluding hydrogens is 204 g/mol. The molecule has 1 fully saturated rings. The minimum absolute atomic E-state index is 0.184. The first-order valence-electron chi connectivity index (χ1n) is 6.13. The van der Waals surface area contributed by atoms with Crippen LogP contribution in [0.2, 0.25) is 0 Å². The van der Waals surface area contributed by atoms with Gasteiger partial charge in [-0.2, -0.15) is 0 Å². The number of unbranched alkanes of at least 4 members (excludes halogenated alkanes) is 3. The topological polar surface area (TPSA) is 43.4 Å². The van der Waals surface area contributed by atoms with Crippen LogP contribution in [0, 0.1) is 5.92 Å². The molecule has 1 rings (SSSR count). The number of ether oxygens (including phenoxy) is 1. The lowest BCUT2D eigenvalue weighted by Gasteiger charge is -2.01. The molecule has 0 aromatic heterocycles. The molecular formula is C13H20O3. The predicted octanol–water partition coefficient (Wildman–Crippen LogP) is 2.99. The molecule has 1 unspecified atom stereocenters. The van der Waals surface area contributed by atoms with Crippen LogP contribution in [0.4, 0.5) is 0 Å². The average Bonchev–Trinajstić information content (AvgIpc) is 2.56. The second-order valence-electron chi connectivity index (χ2n) is 4.24. The highest BCUT2D eigenvalue weighted by Gasteiger charge is 2.32. The van der Waals surface area contributed by atoms with Gasteiger partial charge in [-0.15, -0.1) is 0 Å². The minimum Gasteiger partial charge on any atom is -0.393 e. The Morgan fingerprint density at radius 3 is 2.50 bits per heavy atom. The van der Waals surface area contributed by atoms with Crippen molar-refractivity contribution in [1.29, 1.82) is 0 Å². The SMILES string of the molecule is CCCC/C=C/CCCC1CC(=O)OC1=O. The van der Waals surface area contributed by atoms with Gasteiger partial charge >= 0.3 is 11.9 Å². The average molecular weight is 224 g/mol. The molecule has 3 heteroatoms. The van der Waals surface area contributed by atoms with Gasteiger partial charge in [0.2, 0.25) is 0 Å². The van der Waals surface area contributed by atoms with Gasteiger partial charge in [-0.25, -0.2) is 0 Å². The van der Waals surface area contributed by atoms with Gasteiger partial charge in [0.05, 0.1) is 12.3 Å². The smallest absolute Gasteiger partial charge is 0.317 e.